The first-order chi connectivity index (χ1) is 12.3. The Balaban J connectivity index is 1.82. The van der Waals surface area contributed by atoms with Crippen LogP contribution in [0.4, 0.5) is 5.69 Å². The molecule has 138 valence electrons. The number of amides is 1. The standard InChI is InChI=1S/C22H27NO3/c1-21(2,3)15-6-8-16(9-7-15)22(12-13-22)20(24)23-18-11-10-17(25-4)14-19(18)26-5/h6-11,14H,12-13H2,1-5H3,(H,23,24). The van der Waals surface area contributed by atoms with Crippen LogP contribution in [0.25, 0.3) is 0 Å². The largest absolute Gasteiger partial charge is 0.497 e. The molecule has 4 heteroatoms. The molecule has 4 nitrogen and oxygen atoms in total. The second-order valence-corrected chi connectivity index (χ2v) is 7.93. The van der Waals surface area contributed by atoms with Gasteiger partial charge in [-0.15, -0.1) is 0 Å². The Hall–Kier alpha value is -2.49. The van der Waals surface area contributed by atoms with Crippen molar-refractivity contribution in [1.82, 2.24) is 0 Å². The predicted octanol–water partition coefficient (Wildman–Crippen LogP) is 4.67. The van der Waals surface area contributed by atoms with Gasteiger partial charge in [0.05, 0.1) is 25.3 Å². The van der Waals surface area contributed by atoms with Crippen LogP contribution in [-0.4, -0.2) is 20.1 Å². The van der Waals surface area contributed by atoms with Crippen LogP contribution in [-0.2, 0) is 15.6 Å². The van der Waals surface area contributed by atoms with E-state index in [1.807, 2.05) is 12.1 Å². The molecule has 0 aliphatic heterocycles. The lowest BCUT2D eigenvalue weighted by molar-refractivity contribution is -0.118. The Labute approximate surface area is 155 Å². The summed E-state index contributed by atoms with van der Waals surface area (Å²) in [5.41, 5.74) is 2.69. The highest BCUT2D eigenvalue weighted by molar-refractivity contribution is 6.02. The molecule has 3 rings (SSSR count). The van der Waals surface area contributed by atoms with E-state index < -0.39 is 5.41 Å². The van der Waals surface area contributed by atoms with E-state index in [1.54, 1.807) is 20.3 Å². The maximum Gasteiger partial charge on any atom is 0.235 e. The second kappa shape index (κ2) is 6.67. The monoisotopic (exact) mass is 353 g/mol. The van der Waals surface area contributed by atoms with Gasteiger partial charge in [-0.1, -0.05) is 45.0 Å². The van der Waals surface area contributed by atoms with E-state index >= 15 is 0 Å². The van der Waals surface area contributed by atoms with Crippen molar-refractivity contribution in [1.29, 1.82) is 0 Å². The summed E-state index contributed by atoms with van der Waals surface area (Å²) >= 11 is 0. The lowest BCUT2D eigenvalue weighted by Gasteiger charge is -2.21. The number of hydrogen-bond donors (Lipinski definition) is 1. The fourth-order valence-electron chi connectivity index (χ4n) is 3.20. The highest BCUT2D eigenvalue weighted by Gasteiger charge is 2.51. The highest BCUT2D eigenvalue weighted by atomic mass is 16.5. The molecule has 0 atom stereocenters. The van der Waals surface area contributed by atoms with E-state index in [0.29, 0.717) is 17.2 Å². The SMILES string of the molecule is COc1ccc(NC(=O)C2(c3ccc(C(C)(C)C)cc3)CC2)c(OC)c1. The molecule has 0 aromatic heterocycles. The van der Waals surface area contributed by atoms with Crippen LogP contribution < -0.4 is 14.8 Å². The van der Waals surface area contributed by atoms with Gasteiger partial charge in [0.15, 0.2) is 0 Å². The molecule has 1 amide bonds. The number of anilines is 1. The van der Waals surface area contributed by atoms with E-state index in [9.17, 15) is 4.79 Å². The third-order valence-corrected chi connectivity index (χ3v) is 5.15. The van der Waals surface area contributed by atoms with Crippen LogP contribution >= 0.6 is 0 Å². The number of hydrogen-bond acceptors (Lipinski definition) is 3. The summed E-state index contributed by atoms with van der Waals surface area (Å²) in [5.74, 6) is 1.31. The van der Waals surface area contributed by atoms with Crippen molar-refractivity contribution >= 4 is 11.6 Å². The first kappa shape index (κ1) is 18.3. The van der Waals surface area contributed by atoms with E-state index in [4.69, 9.17) is 9.47 Å². The van der Waals surface area contributed by atoms with Gasteiger partial charge in [0.2, 0.25) is 5.91 Å². The average molecular weight is 353 g/mol. The summed E-state index contributed by atoms with van der Waals surface area (Å²) in [6.45, 7) is 6.58. The molecule has 2 aromatic rings. The Morgan fingerprint density at radius 3 is 2.15 bits per heavy atom. The normalized spacial score (nSPS) is 15.3. The van der Waals surface area contributed by atoms with E-state index in [0.717, 1.165) is 18.4 Å². The molecule has 1 fully saturated rings. The highest BCUT2D eigenvalue weighted by Crippen LogP contribution is 2.49. The number of nitrogens with one attached hydrogen (secondary N) is 1. The molecule has 26 heavy (non-hydrogen) atoms. The van der Waals surface area contributed by atoms with Crippen molar-refractivity contribution < 1.29 is 14.3 Å². The summed E-state index contributed by atoms with van der Waals surface area (Å²) in [4.78, 5) is 13.0. The van der Waals surface area contributed by atoms with Crippen molar-refractivity contribution in [2.24, 2.45) is 0 Å². The minimum absolute atomic E-state index is 0.0180. The van der Waals surface area contributed by atoms with Crippen molar-refractivity contribution in [2.45, 2.75) is 44.4 Å². The number of carbonyl (C=O) groups excluding carboxylic acids is 1. The third-order valence-electron chi connectivity index (χ3n) is 5.15. The van der Waals surface area contributed by atoms with E-state index in [2.05, 4.69) is 50.4 Å². The fourth-order valence-corrected chi connectivity index (χ4v) is 3.20. The molecule has 0 heterocycles. The van der Waals surface area contributed by atoms with Crippen LogP contribution in [0.2, 0.25) is 0 Å². The first-order valence-electron chi connectivity index (χ1n) is 8.95. The van der Waals surface area contributed by atoms with Crippen LogP contribution in [0.1, 0.15) is 44.7 Å². The molecule has 1 aliphatic rings. The van der Waals surface area contributed by atoms with Crippen LogP contribution in [0.3, 0.4) is 0 Å². The quantitative estimate of drug-likeness (QED) is 0.849. The molecule has 1 saturated carbocycles. The molecule has 0 spiro atoms. The topological polar surface area (TPSA) is 47.6 Å². The first-order valence-corrected chi connectivity index (χ1v) is 8.95. The molecule has 0 unspecified atom stereocenters. The maximum atomic E-state index is 13.0. The van der Waals surface area contributed by atoms with Gasteiger partial charge in [-0.05, 0) is 41.5 Å². The summed E-state index contributed by atoms with van der Waals surface area (Å²) in [6, 6.07) is 13.9. The average Bonchev–Trinajstić information content (AvgIpc) is 3.43. The van der Waals surface area contributed by atoms with Gasteiger partial charge in [-0.2, -0.15) is 0 Å². The second-order valence-electron chi connectivity index (χ2n) is 7.93. The molecule has 0 saturated heterocycles. The smallest absolute Gasteiger partial charge is 0.235 e. The summed E-state index contributed by atoms with van der Waals surface area (Å²) in [5, 5.41) is 3.04. The van der Waals surface area contributed by atoms with Gasteiger partial charge >= 0.3 is 0 Å². The fraction of sp³-hybridized carbons (Fsp3) is 0.409. The zero-order valence-corrected chi connectivity index (χ0v) is 16.2. The van der Waals surface area contributed by atoms with Gasteiger partial charge in [-0.25, -0.2) is 0 Å². The van der Waals surface area contributed by atoms with Gasteiger partial charge < -0.3 is 14.8 Å². The molecule has 0 radical (unpaired) electrons. The van der Waals surface area contributed by atoms with Gasteiger partial charge in [0.1, 0.15) is 11.5 Å². The summed E-state index contributed by atoms with van der Waals surface area (Å²) in [6.07, 6.45) is 1.73. The van der Waals surface area contributed by atoms with E-state index in [1.165, 1.54) is 5.56 Å². The number of carbonyl (C=O) groups is 1. The van der Waals surface area contributed by atoms with Crippen molar-refractivity contribution in [3.63, 3.8) is 0 Å². The van der Waals surface area contributed by atoms with Crippen molar-refractivity contribution in [3.8, 4) is 11.5 Å². The Kier molecular flexibility index (Phi) is 4.70. The lowest BCUT2D eigenvalue weighted by atomic mass is 9.85. The maximum absolute atomic E-state index is 13.0. The third kappa shape index (κ3) is 3.41. The van der Waals surface area contributed by atoms with Crippen LogP contribution in [0.15, 0.2) is 42.5 Å². The van der Waals surface area contributed by atoms with Gasteiger partial charge in [0, 0.05) is 6.07 Å². The number of ether oxygens (including phenoxy) is 2. The minimum atomic E-state index is -0.429. The van der Waals surface area contributed by atoms with Gasteiger partial charge in [0.25, 0.3) is 0 Å². The number of methoxy groups -OCH3 is 2. The van der Waals surface area contributed by atoms with Crippen LogP contribution in [0, 0.1) is 0 Å². The molecular formula is C22H27NO3. The number of benzene rings is 2. The van der Waals surface area contributed by atoms with Crippen molar-refractivity contribution in [3.05, 3.63) is 53.6 Å². The molecule has 0 bridgehead atoms. The van der Waals surface area contributed by atoms with Gasteiger partial charge in [-0.3, -0.25) is 4.79 Å². The molecular weight excluding hydrogens is 326 g/mol. The van der Waals surface area contributed by atoms with Crippen LogP contribution in [0.5, 0.6) is 11.5 Å². The molecule has 2 aromatic carbocycles. The zero-order chi connectivity index (χ0) is 18.9. The lowest BCUT2D eigenvalue weighted by Crippen LogP contribution is -2.28. The number of rotatable bonds is 5. The predicted molar refractivity (Wildman–Crippen MR) is 104 cm³/mol. The summed E-state index contributed by atoms with van der Waals surface area (Å²) < 4.78 is 10.6. The Morgan fingerprint density at radius 1 is 1.00 bits per heavy atom. The van der Waals surface area contributed by atoms with E-state index in [-0.39, 0.29) is 11.3 Å². The minimum Gasteiger partial charge on any atom is -0.497 e. The Bertz CT molecular complexity index is 799. The zero-order valence-electron chi connectivity index (χ0n) is 16.2. The molecule has 1 aliphatic carbocycles. The van der Waals surface area contributed by atoms with Crippen molar-refractivity contribution in [2.75, 3.05) is 19.5 Å². The summed E-state index contributed by atoms with van der Waals surface area (Å²) in [7, 11) is 3.19. The molecule has 1 N–H and O–H groups in total. The Morgan fingerprint density at radius 2 is 1.65 bits per heavy atom.